The monoisotopic (exact) mass is 342 g/mol. The number of ether oxygens (including phenoxy) is 3. The van der Waals surface area contributed by atoms with E-state index in [9.17, 15) is 18.4 Å². The summed E-state index contributed by atoms with van der Waals surface area (Å²) >= 11 is 0. The van der Waals surface area contributed by atoms with Crippen LogP contribution in [0.4, 0.5) is 8.78 Å². The minimum Gasteiger partial charge on any atom is -0.493 e. The van der Waals surface area contributed by atoms with Gasteiger partial charge in [-0.15, -0.1) is 0 Å². The normalized spacial score (nSPS) is 19.6. The summed E-state index contributed by atoms with van der Waals surface area (Å²) in [7, 11) is 2.78. The van der Waals surface area contributed by atoms with E-state index in [2.05, 4.69) is 0 Å². The van der Waals surface area contributed by atoms with E-state index in [-0.39, 0.29) is 23.8 Å². The Morgan fingerprint density at radius 1 is 1.21 bits per heavy atom. The van der Waals surface area contributed by atoms with E-state index in [0.29, 0.717) is 11.3 Å². The molecule has 1 unspecified atom stereocenters. The van der Waals surface area contributed by atoms with Crippen LogP contribution in [-0.4, -0.2) is 39.0 Å². The van der Waals surface area contributed by atoms with Crippen LogP contribution < -0.4 is 9.47 Å². The first-order chi connectivity index (χ1) is 11.3. The van der Waals surface area contributed by atoms with E-state index < -0.39 is 30.0 Å². The summed E-state index contributed by atoms with van der Waals surface area (Å²) in [6.45, 7) is 3.54. The van der Waals surface area contributed by atoms with Crippen LogP contribution in [0, 0.1) is 11.3 Å². The molecule has 0 heterocycles. The van der Waals surface area contributed by atoms with Crippen molar-refractivity contribution in [3.63, 3.8) is 0 Å². The van der Waals surface area contributed by atoms with Crippen molar-refractivity contribution < 1.29 is 32.6 Å². The van der Waals surface area contributed by atoms with Crippen molar-refractivity contribution in [3.8, 4) is 11.5 Å². The zero-order valence-electron chi connectivity index (χ0n) is 14.0. The molecule has 1 aromatic rings. The second-order valence-electron chi connectivity index (χ2n) is 6.13. The second-order valence-corrected chi connectivity index (χ2v) is 6.13. The number of carbonyl (C=O) groups excluding carboxylic acids is 2. The van der Waals surface area contributed by atoms with Crippen molar-refractivity contribution in [1.82, 2.24) is 0 Å². The Kier molecular flexibility index (Phi) is 5.11. The number of hydrogen-bond donors (Lipinski definition) is 0. The lowest BCUT2D eigenvalue weighted by atomic mass is 9.84. The van der Waals surface area contributed by atoms with Gasteiger partial charge in [0.05, 0.1) is 20.8 Å². The first-order valence-electron chi connectivity index (χ1n) is 7.53. The SMILES string of the molecule is COc1cc2c(cc1OC)C(=O)C(C(=O)OCC(C)C)(C(F)F)C2. The lowest BCUT2D eigenvalue weighted by molar-refractivity contribution is -0.161. The van der Waals surface area contributed by atoms with Gasteiger partial charge in [-0.2, -0.15) is 0 Å². The van der Waals surface area contributed by atoms with Gasteiger partial charge >= 0.3 is 5.97 Å². The van der Waals surface area contributed by atoms with Gasteiger partial charge in [-0.05, 0) is 23.6 Å². The van der Waals surface area contributed by atoms with Crippen LogP contribution in [0.3, 0.4) is 0 Å². The lowest BCUT2D eigenvalue weighted by Gasteiger charge is -2.24. The highest BCUT2D eigenvalue weighted by Gasteiger charge is 2.59. The third-order valence-corrected chi connectivity index (χ3v) is 4.01. The van der Waals surface area contributed by atoms with Crippen LogP contribution in [-0.2, 0) is 16.0 Å². The van der Waals surface area contributed by atoms with Crippen molar-refractivity contribution in [2.45, 2.75) is 26.7 Å². The maximum Gasteiger partial charge on any atom is 0.326 e. The predicted octanol–water partition coefficient (Wildman–Crippen LogP) is 2.89. The van der Waals surface area contributed by atoms with Gasteiger partial charge in [0.1, 0.15) is 0 Å². The molecule has 1 aliphatic rings. The minimum absolute atomic E-state index is 0.0242. The number of halogens is 2. The van der Waals surface area contributed by atoms with Crippen LogP contribution in [0.25, 0.3) is 0 Å². The molecule has 0 radical (unpaired) electrons. The number of alkyl halides is 2. The van der Waals surface area contributed by atoms with E-state index in [0.717, 1.165) is 0 Å². The summed E-state index contributed by atoms with van der Waals surface area (Å²) in [6, 6.07) is 2.78. The number of Topliss-reactive ketones (excluding diaryl/α,β-unsaturated/α-hetero) is 1. The first-order valence-corrected chi connectivity index (χ1v) is 7.53. The van der Waals surface area contributed by atoms with Crippen LogP contribution in [0.1, 0.15) is 29.8 Å². The summed E-state index contributed by atoms with van der Waals surface area (Å²) in [5, 5.41) is 0. The fourth-order valence-corrected chi connectivity index (χ4v) is 2.70. The molecule has 0 aromatic heterocycles. The van der Waals surface area contributed by atoms with Gasteiger partial charge in [0.15, 0.2) is 22.7 Å². The Balaban J connectivity index is 2.46. The van der Waals surface area contributed by atoms with Gasteiger partial charge in [0, 0.05) is 12.0 Å². The quantitative estimate of drug-likeness (QED) is 0.588. The Hall–Kier alpha value is -2.18. The van der Waals surface area contributed by atoms with E-state index in [4.69, 9.17) is 14.2 Å². The molecule has 2 rings (SSSR count). The zero-order chi connectivity index (χ0) is 18.1. The van der Waals surface area contributed by atoms with Crippen molar-refractivity contribution >= 4 is 11.8 Å². The molecular formula is C17H20F2O5. The van der Waals surface area contributed by atoms with Crippen LogP contribution in [0.2, 0.25) is 0 Å². The van der Waals surface area contributed by atoms with Crippen molar-refractivity contribution in [1.29, 1.82) is 0 Å². The number of hydrogen-bond acceptors (Lipinski definition) is 5. The Labute approximate surface area is 138 Å². The molecule has 0 spiro atoms. The van der Waals surface area contributed by atoms with Gasteiger partial charge in [0.25, 0.3) is 6.43 Å². The van der Waals surface area contributed by atoms with E-state index >= 15 is 0 Å². The third kappa shape index (κ3) is 2.83. The minimum atomic E-state index is -3.17. The summed E-state index contributed by atoms with van der Waals surface area (Å²) in [6.07, 6.45) is -3.59. The Morgan fingerprint density at radius 2 is 1.79 bits per heavy atom. The molecule has 1 aromatic carbocycles. The molecule has 0 saturated carbocycles. The van der Waals surface area contributed by atoms with Crippen molar-refractivity contribution in [3.05, 3.63) is 23.3 Å². The lowest BCUT2D eigenvalue weighted by Crippen LogP contribution is -2.45. The number of fused-ring (bicyclic) bond motifs is 1. The first kappa shape index (κ1) is 18.2. The molecule has 0 bridgehead atoms. The fraction of sp³-hybridized carbons (Fsp3) is 0.529. The van der Waals surface area contributed by atoms with Gasteiger partial charge in [-0.3, -0.25) is 9.59 Å². The van der Waals surface area contributed by atoms with E-state index in [1.807, 2.05) is 0 Å². The number of carbonyl (C=O) groups is 2. The number of benzene rings is 1. The molecule has 0 fully saturated rings. The summed E-state index contributed by atoms with van der Waals surface area (Å²) in [5.41, 5.74) is -2.15. The molecule has 0 aliphatic heterocycles. The topological polar surface area (TPSA) is 61.8 Å². The molecule has 0 N–H and O–H groups in total. The van der Waals surface area contributed by atoms with Crippen LogP contribution in [0.5, 0.6) is 11.5 Å². The van der Waals surface area contributed by atoms with Gasteiger partial charge < -0.3 is 14.2 Å². The Morgan fingerprint density at radius 3 is 2.29 bits per heavy atom. The summed E-state index contributed by atoms with van der Waals surface area (Å²) in [4.78, 5) is 25.0. The van der Waals surface area contributed by atoms with Crippen LogP contribution in [0.15, 0.2) is 12.1 Å². The van der Waals surface area contributed by atoms with Gasteiger partial charge in [-0.25, -0.2) is 8.78 Å². The van der Waals surface area contributed by atoms with Gasteiger partial charge in [-0.1, -0.05) is 13.8 Å². The van der Waals surface area contributed by atoms with Crippen LogP contribution >= 0.6 is 0 Å². The molecular weight excluding hydrogens is 322 g/mol. The van der Waals surface area contributed by atoms with Crippen molar-refractivity contribution in [2.75, 3.05) is 20.8 Å². The summed E-state index contributed by atoms with van der Waals surface area (Å²) in [5.74, 6) is -1.61. The number of methoxy groups -OCH3 is 2. The maximum absolute atomic E-state index is 13.8. The molecule has 132 valence electrons. The standard InChI is InChI=1S/C17H20F2O5/c1-9(2)8-24-16(21)17(15(18)19)7-10-5-12(22-3)13(23-4)6-11(10)14(17)20/h5-6,9,15H,7-8H2,1-4H3. The largest absolute Gasteiger partial charge is 0.493 e. The third-order valence-electron chi connectivity index (χ3n) is 4.01. The predicted molar refractivity (Wildman–Crippen MR) is 81.8 cm³/mol. The van der Waals surface area contributed by atoms with Gasteiger partial charge in [0.2, 0.25) is 0 Å². The summed E-state index contributed by atoms with van der Waals surface area (Å²) < 4.78 is 42.7. The van der Waals surface area contributed by atoms with E-state index in [1.165, 1.54) is 26.4 Å². The molecule has 1 aliphatic carbocycles. The highest BCUT2D eigenvalue weighted by atomic mass is 19.3. The second kappa shape index (κ2) is 6.75. The zero-order valence-corrected chi connectivity index (χ0v) is 14.0. The number of rotatable bonds is 6. The highest BCUT2D eigenvalue weighted by Crippen LogP contribution is 2.46. The van der Waals surface area contributed by atoms with Crippen molar-refractivity contribution in [2.24, 2.45) is 11.3 Å². The average molecular weight is 342 g/mol. The highest BCUT2D eigenvalue weighted by molar-refractivity contribution is 6.16. The smallest absolute Gasteiger partial charge is 0.326 e. The number of esters is 1. The molecule has 1 atom stereocenters. The molecule has 5 nitrogen and oxygen atoms in total. The Bertz CT molecular complexity index is 657. The van der Waals surface area contributed by atoms with E-state index in [1.54, 1.807) is 13.8 Å². The molecule has 7 heteroatoms. The maximum atomic E-state index is 13.8. The molecule has 0 amide bonds. The number of ketones is 1. The molecule has 24 heavy (non-hydrogen) atoms. The molecule has 0 saturated heterocycles. The fourth-order valence-electron chi connectivity index (χ4n) is 2.70. The average Bonchev–Trinajstić information content (AvgIpc) is 2.84.